The van der Waals surface area contributed by atoms with Gasteiger partial charge < -0.3 is 4.90 Å². The third-order valence-electron chi connectivity index (χ3n) is 3.56. The molecule has 1 saturated carbocycles. The highest BCUT2D eigenvalue weighted by atomic mass is 35.5. The normalized spacial score (nSPS) is 21.8. The Morgan fingerprint density at radius 1 is 1.30 bits per heavy atom. The molecular formula is C16H19Cl2NO. The van der Waals surface area contributed by atoms with Crippen LogP contribution in [0.25, 0.3) is 6.08 Å². The van der Waals surface area contributed by atoms with Gasteiger partial charge in [0.05, 0.1) is 10.0 Å². The smallest absolute Gasteiger partial charge is 0.163 e. The predicted octanol–water partition coefficient (Wildman–Crippen LogP) is 4.31. The number of hydrogen-bond acceptors (Lipinski definition) is 2. The Balaban J connectivity index is 2.20. The number of nitrogens with zero attached hydrogens (tertiary/aromatic N) is 1. The molecule has 0 N–H and O–H groups in total. The van der Waals surface area contributed by atoms with Gasteiger partial charge >= 0.3 is 0 Å². The molecule has 0 aliphatic heterocycles. The molecule has 20 heavy (non-hydrogen) atoms. The Hall–Kier alpha value is -0.830. The van der Waals surface area contributed by atoms with Crippen LogP contribution in [0.4, 0.5) is 0 Å². The average Bonchev–Trinajstić information content (AvgIpc) is 2.38. The molecule has 4 heteroatoms. The van der Waals surface area contributed by atoms with Crippen molar-refractivity contribution in [3.05, 3.63) is 39.4 Å². The maximum atomic E-state index is 12.5. The fraction of sp³-hybridized carbons (Fsp3) is 0.438. The van der Waals surface area contributed by atoms with Crippen molar-refractivity contribution in [3.8, 4) is 0 Å². The fourth-order valence-electron chi connectivity index (χ4n) is 2.62. The molecule has 0 unspecified atom stereocenters. The van der Waals surface area contributed by atoms with Crippen molar-refractivity contribution in [1.82, 2.24) is 4.90 Å². The molecule has 0 heterocycles. The van der Waals surface area contributed by atoms with Crippen LogP contribution in [0.1, 0.15) is 24.8 Å². The van der Waals surface area contributed by atoms with Crippen LogP contribution in [0.2, 0.25) is 10.0 Å². The molecule has 1 aliphatic rings. The first-order valence-electron chi connectivity index (χ1n) is 6.82. The lowest BCUT2D eigenvalue weighted by Crippen LogP contribution is -2.31. The van der Waals surface area contributed by atoms with Crippen molar-refractivity contribution in [2.24, 2.45) is 5.92 Å². The van der Waals surface area contributed by atoms with Crippen molar-refractivity contribution in [1.29, 1.82) is 0 Å². The standard InChI is InChI=1S/C16H19Cl2NO/c1-19(2)10-13-5-3-4-12(16(13)20)8-11-6-7-14(17)15(18)9-11/h6-9,13H,3-5,10H2,1-2H3/b12-8+/t13-/m1/s1. The van der Waals surface area contributed by atoms with Crippen LogP contribution in [0.3, 0.4) is 0 Å². The monoisotopic (exact) mass is 311 g/mol. The van der Waals surface area contributed by atoms with Crippen molar-refractivity contribution in [2.75, 3.05) is 20.6 Å². The minimum absolute atomic E-state index is 0.118. The Bertz CT molecular complexity index is 537. The summed E-state index contributed by atoms with van der Waals surface area (Å²) in [5.41, 5.74) is 1.84. The van der Waals surface area contributed by atoms with Gasteiger partial charge in [0.25, 0.3) is 0 Å². The van der Waals surface area contributed by atoms with E-state index in [1.165, 1.54) is 0 Å². The quantitative estimate of drug-likeness (QED) is 0.775. The van der Waals surface area contributed by atoms with Gasteiger partial charge in [-0.2, -0.15) is 0 Å². The van der Waals surface area contributed by atoms with Crippen molar-refractivity contribution in [3.63, 3.8) is 0 Å². The molecule has 108 valence electrons. The summed E-state index contributed by atoms with van der Waals surface area (Å²) in [6.07, 6.45) is 4.85. The molecule has 2 nitrogen and oxygen atoms in total. The summed E-state index contributed by atoms with van der Waals surface area (Å²) in [5, 5.41) is 1.06. The average molecular weight is 312 g/mol. The molecule has 1 aliphatic carbocycles. The number of Topliss-reactive ketones (excluding diaryl/α,β-unsaturated/α-hetero) is 1. The summed E-state index contributed by atoms with van der Waals surface area (Å²) >= 11 is 11.9. The fourth-order valence-corrected chi connectivity index (χ4v) is 2.92. The largest absolute Gasteiger partial charge is 0.309 e. The number of benzene rings is 1. The number of allylic oxidation sites excluding steroid dienone is 1. The highest BCUT2D eigenvalue weighted by Crippen LogP contribution is 2.29. The first-order chi connectivity index (χ1) is 9.47. The van der Waals surface area contributed by atoms with Crippen LogP contribution in [-0.4, -0.2) is 31.3 Å². The minimum atomic E-state index is 0.118. The predicted molar refractivity (Wildman–Crippen MR) is 85.3 cm³/mol. The highest BCUT2D eigenvalue weighted by Gasteiger charge is 2.26. The lowest BCUT2D eigenvalue weighted by atomic mass is 9.83. The van der Waals surface area contributed by atoms with E-state index in [9.17, 15) is 4.79 Å². The van der Waals surface area contributed by atoms with Gasteiger partial charge in [-0.25, -0.2) is 0 Å². The van der Waals surface area contributed by atoms with Crippen LogP contribution in [0.5, 0.6) is 0 Å². The van der Waals surface area contributed by atoms with Gasteiger partial charge in [0, 0.05) is 12.5 Å². The number of rotatable bonds is 3. The molecule has 0 saturated heterocycles. The summed E-state index contributed by atoms with van der Waals surface area (Å²) in [6, 6.07) is 5.46. The maximum Gasteiger partial charge on any atom is 0.163 e. The minimum Gasteiger partial charge on any atom is -0.309 e. The molecule has 1 atom stereocenters. The lowest BCUT2D eigenvalue weighted by Gasteiger charge is -2.25. The van der Waals surface area contributed by atoms with E-state index in [1.54, 1.807) is 12.1 Å². The maximum absolute atomic E-state index is 12.5. The summed E-state index contributed by atoms with van der Waals surface area (Å²) < 4.78 is 0. The summed E-state index contributed by atoms with van der Waals surface area (Å²) in [5.74, 6) is 0.392. The molecule has 2 rings (SSSR count). The van der Waals surface area contributed by atoms with E-state index in [1.807, 2.05) is 26.2 Å². The van der Waals surface area contributed by atoms with E-state index < -0.39 is 0 Å². The number of carbonyl (C=O) groups excluding carboxylic acids is 1. The van der Waals surface area contributed by atoms with Gasteiger partial charge in [0.1, 0.15) is 0 Å². The molecule has 0 spiro atoms. The van der Waals surface area contributed by atoms with Crippen LogP contribution in [0, 0.1) is 5.92 Å². The van der Waals surface area contributed by atoms with Crippen molar-refractivity contribution in [2.45, 2.75) is 19.3 Å². The molecule has 1 aromatic rings. The molecule has 0 amide bonds. The summed E-state index contributed by atoms with van der Waals surface area (Å²) in [7, 11) is 4.01. The van der Waals surface area contributed by atoms with E-state index in [-0.39, 0.29) is 11.7 Å². The van der Waals surface area contributed by atoms with Crippen LogP contribution in [-0.2, 0) is 4.79 Å². The highest BCUT2D eigenvalue weighted by molar-refractivity contribution is 6.42. The zero-order chi connectivity index (χ0) is 14.7. The van der Waals surface area contributed by atoms with Gasteiger partial charge in [-0.05, 0) is 62.7 Å². The second-order valence-corrected chi connectivity index (χ2v) is 6.37. The van der Waals surface area contributed by atoms with E-state index in [2.05, 4.69) is 4.90 Å². The van der Waals surface area contributed by atoms with E-state index in [0.29, 0.717) is 10.0 Å². The van der Waals surface area contributed by atoms with Gasteiger partial charge in [-0.15, -0.1) is 0 Å². The molecule has 1 aromatic carbocycles. The van der Waals surface area contributed by atoms with Crippen molar-refractivity contribution < 1.29 is 4.79 Å². The molecule has 0 aromatic heterocycles. The van der Waals surface area contributed by atoms with Crippen LogP contribution >= 0.6 is 23.2 Å². The second-order valence-electron chi connectivity index (χ2n) is 5.56. The SMILES string of the molecule is CN(C)C[C@H]1CCC/C(=C\c2ccc(Cl)c(Cl)c2)C1=O. The molecular weight excluding hydrogens is 293 g/mol. The number of ketones is 1. The molecule has 0 bridgehead atoms. The third kappa shape index (κ3) is 3.85. The first-order valence-corrected chi connectivity index (χ1v) is 7.57. The molecule has 0 radical (unpaired) electrons. The zero-order valence-electron chi connectivity index (χ0n) is 11.8. The van der Waals surface area contributed by atoms with Gasteiger partial charge in [0.2, 0.25) is 0 Å². The zero-order valence-corrected chi connectivity index (χ0v) is 13.3. The van der Waals surface area contributed by atoms with E-state index in [4.69, 9.17) is 23.2 Å². The molecule has 1 fully saturated rings. The Morgan fingerprint density at radius 2 is 2.05 bits per heavy atom. The first kappa shape index (κ1) is 15.6. The Morgan fingerprint density at radius 3 is 2.70 bits per heavy atom. The number of halogens is 2. The summed E-state index contributed by atoms with van der Waals surface area (Å²) in [6.45, 7) is 0.817. The number of hydrogen-bond donors (Lipinski definition) is 0. The second kappa shape index (κ2) is 6.75. The van der Waals surface area contributed by atoms with E-state index in [0.717, 1.165) is 36.9 Å². The number of carbonyl (C=O) groups is 1. The Labute approximate surface area is 130 Å². The topological polar surface area (TPSA) is 20.3 Å². The summed E-state index contributed by atoms with van der Waals surface area (Å²) in [4.78, 5) is 14.5. The van der Waals surface area contributed by atoms with Crippen LogP contribution < -0.4 is 0 Å². The van der Waals surface area contributed by atoms with Crippen molar-refractivity contribution >= 4 is 35.1 Å². The van der Waals surface area contributed by atoms with Gasteiger partial charge in [-0.1, -0.05) is 29.3 Å². The third-order valence-corrected chi connectivity index (χ3v) is 4.30. The Kier molecular flexibility index (Phi) is 5.25. The lowest BCUT2D eigenvalue weighted by molar-refractivity contribution is -0.120. The van der Waals surface area contributed by atoms with Gasteiger partial charge in [-0.3, -0.25) is 4.79 Å². The van der Waals surface area contributed by atoms with Gasteiger partial charge in [0.15, 0.2) is 5.78 Å². The van der Waals surface area contributed by atoms with E-state index >= 15 is 0 Å². The van der Waals surface area contributed by atoms with Crippen LogP contribution in [0.15, 0.2) is 23.8 Å².